The van der Waals surface area contributed by atoms with E-state index in [1.807, 2.05) is 12.1 Å². The smallest absolute Gasteiger partial charge is 0.274 e. The molecule has 1 saturated heterocycles. The minimum absolute atomic E-state index is 0.0709. The molecule has 0 aliphatic carbocycles. The highest BCUT2D eigenvalue weighted by atomic mass is 16.2. The van der Waals surface area contributed by atoms with Gasteiger partial charge in [-0.2, -0.15) is 5.10 Å². The standard InChI is InChI=1S/C20H24N4O3/c1-14(2)16-5-3-15(4-6-16)13-19(26)23-9-11-24(12-10-23)20(27)17-7-8-18(25)22-21-17/h3-8,14H,9-13H2,1-2H3,(H,22,25). The number of nitrogens with zero attached hydrogens (tertiary/aromatic N) is 3. The van der Waals surface area contributed by atoms with Crippen LogP contribution in [0, 0.1) is 0 Å². The van der Waals surface area contributed by atoms with Crippen molar-refractivity contribution >= 4 is 11.8 Å². The Hall–Kier alpha value is -2.96. The van der Waals surface area contributed by atoms with Crippen molar-refractivity contribution in [3.05, 3.63) is 63.6 Å². The first-order valence-electron chi connectivity index (χ1n) is 9.15. The van der Waals surface area contributed by atoms with Crippen molar-refractivity contribution in [1.82, 2.24) is 20.0 Å². The summed E-state index contributed by atoms with van der Waals surface area (Å²) in [7, 11) is 0. The van der Waals surface area contributed by atoms with Gasteiger partial charge in [-0.25, -0.2) is 5.10 Å². The predicted octanol–water partition coefficient (Wildman–Crippen LogP) is 1.42. The summed E-state index contributed by atoms with van der Waals surface area (Å²) in [6, 6.07) is 10.9. The van der Waals surface area contributed by atoms with Gasteiger partial charge in [-0.15, -0.1) is 0 Å². The van der Waals surface area contributed by atoms with Gasteiger partial charge in [-0.1, -0.05) is 38.1 Å². The van der Waals surface area contributed by atoms with Gasteiger partial charge < -0.3 is 9.80 Å². The number of H-pyrrole nitrogens is 1. The molecule has 1 aliphatic heterocycles. The lowest BCUT2D eigenvalue weighted by molar-refractivity contribution is -0.131. The van der Waals surface area contributed by atoms with E-state index in [1.54, 1.807) is 9.80 Å². The molecule has 1 aromatic heterocycles. The summed E-state index contributed by atoms with van der Waals surface area (Å²) in [5, 5.41) is 6.04. The molecule has 7 heteroatoms. The zero-order valence-electron chi connectivity index (χ0n) is 15.6. The van der Waals surface area contributed by atoms with E-state index in [4.69, 9.17) is 0 Å². The zero-order valence-corrected chi connectivity index (χ0v) is 15.6. The second-order valence-corrected chi connectivity index (χ2v) is 7.05. The van der Waals surface area contributed by atoms with E-state index in [-0.39, 0.29) is 23.1 Å². The Morgan fingerprint density at radius 3 is 2.19 bits per heavy atom. The van der Waals surface area contributed by atoms with Crippen molar-refractivity contribution in [2.75, 3.05) is 26.2 Å². The Balaban J connectivity index is 1.53. The predicted molar refractivity (Wildman–Crippen MR) is 102 cm³/mol. The molecular formula is C20H24N4O3. The van der Waals surface area contributed by atoms with Crippen LogP contribution in [0.15, 0.2) is 41.2 Å². The Morgan fingerprint density at radius 1 is 1.00 bits per heavy atom. The van der Waals surface area contributed by atoms with Gasteiger partial charge in [-0.3, -0.25) is 14.4 Å². The lowest BCUT2D eigenvalue weighted by atomic mass is 10.0. The van der Waals surface area contributed by atoms with Crippen LogP contribution in [0.4, 0.5) is 0 Å². The van der Waals surface area contributed by atoms with Gasteiger partial charge in [0.05, 0.1) is 6.42 Å². The Morgan fingerprint density at radius 2 is 1.63 bits per heavy atom. The number of nitrogens with one attached hydrogen (secondary N) is 1. The number of hydrogen-bond acceptors (Lipinski definition) is 4. The number of benzene rings is 1. The van der Waals surface area contributed by atoms with Gasteiger partial charge in [0.15, 0.2) is 0 Å². The molecule has 2 heterocycles. The van der Waals surface area contributed by atoms with Crippen molar-refractivity contribution in [1.29, 1.82) is 0 Å². The van der Waals surface area contributed by atoms with Crippen LogP contribution < -0.4 is 5.56 Å². The molecule has 0 bridgehead atoms. The third-order valence-corrected chi connectivity index (χ3v) is 4.82. The van der Waals surface area contributed by atoms with Crippen molar-refractivity contribution in [3.8, 4) is 0 Å². The summed E-state index contributed by atoms with van der Waals surface area (Å²) in [5.74, 6) is 0.307. The maximum atomic E-state index is 12.5. The Kier molecular flexibility index (Phi) is 5.69. The van der Waals surface area contributed by atoms with Crippen LogP contribution in [0.25, 0.3) is 0 Å². The first-order valence-corrected chi connectivity index (χ1v) is 9.15. The molecule has 0 atom stereocenters. The highest BCUT2D eigenvalue weighted by Gasteiger charge is 2.25. The third kappa shape index (κ3) is 4.61. The van der Waals surface area contributed by atoms with Crippen LogP contribution in [0.2, 0.25) is 0 Å². The van der Waals surface area contributed by atoms with Crippen LogP contribution in [-0.4, -0.2) is 58.0 Å². The highest BCUT2D eigenvalue weighted by molar-refractivity contribution is 5.92. The SMILES string of the molecule is CC(C)c1ccc(CC(=O)N2CCN(C(=O)c3ccc(=O)[nH]n3)CC2)cc1. The molecule has 142 valence electrons. The molecule has 2 amide bonds. The first kappa shape index (κ1) is 18.8. The summed E-state index contributed by atoms with van der Waals surface area (Å²) >= 11 is 0. The van der Waals surface area contributed by atoms with Gasteiger partial charge in [0.2, 0.25) is 5.91 Å². The largest absolute Gasteiger partial charge is 0.339 e. The van der Waals surface area contributed by atoms with Crippen LogP contribution in [0.1, 0.15) is 41.4 Å². The van der Waals surface area contributed by atoms with Crippen molar-refractivity contribution in [3.63, 3.8) is 0 Å². The summed E-state index contributed by atoms with van der Waals surface area (Å²) < 4.78 is 0. The summed E-state index contributed by atoms with van der Waals surface area (Å²) in [6.07, 6.45) is 0.369. The topological polar surface area (TPSA) is 86.4 Å². The van der Waals surface area contributed by atoms with Crippen molar-refractivity contribution < 1.29 is 9.59 Å². The number of aromatic amines is 1. The summed E-state index contributed by atoms with van der Waals surface area (Å²) in [6.45, 7) is 6.19. The molecule has 27 heavy (non-hydrogen) atoms. The summed E-state index contributed by atoms with van der Waals surface area (Å²) in [4.78, 5) is 39.4. The van der Waals surface area contributed by atoms with Gasteiger partial charge in [0.25, 0.3) is 11.5 Å². The lowest BCUT2D eigenvalue weighted by Crippen LogP contribution is -2.51. The second kappa shape index (κ2) is 8.16. The first-order chi connectivity index (χ1) is 12.9. The van der Waals surface area contributed by atoms with Crippen LogP contribution in [0.5, 0.6) is 0 Å². The van der Waals surface area contributed by atoms with E-state index in [0.717, 1.165) is 5.56 Å². The van der Waals surface area contributed by atoms with E-state index >= 15 is 0 Å². The number of aromatic nitrogens is 2. The Labute approximate surface area is 158 Å². The van der Waals surface area contributed by atoms with E-state index in [2.05, 4.69) is 36.2 Å². The second-order valence-electron chi connectivity index (χ2n) is 7.05. The molecule has 7 nitrogen and oxygen atoms in total. The average Bonchev–Trinajstić information content (AvgIpc) is 2.68. The zero-order chi connectivity index (χ0) is 19.4. The quantitative estimate of drug-likeness (QED) is 0.884. The fraction of sp³-hybridized carbons (Fsp3) is 0.400. The fourth-order valence-corrected chi connectivity index (χ4v) is 3.09. The maximum Gasteiger partial charge on any atom is 0.274 e. The highest BCUT2D eigenvalue weighted by Crippen LogP contribution is 2.16. The van der Waals surface area contributed by atoms with E-state index in [9.17, 15) is 14.4 Å². The monoisotopic (exact) mass is 368 g/mol. The fourth-order valence-electron chi connectivity index (χ4n) is 3.09. The lowest BCUT2D eigenvalue weighted by Gasteiger charge is -2.34. The maximum absolute atomic E-state index is 12.5. The third-order valence-electron chi connectivity index (χ3n) is 4.82. The number of rotatable bonds is 4. The number of hydrogen-bond donors (Lipinski definition) is 1. The number of piperazine rings is 1. The van der Waals surface area contributed by atoms with Gasteiger partial charge in [-0.05, 0) is 23.1 Å². The Bertz CT molecular complexity index is 845. The average molecular weight is 368 g/mol. The van der Waals surface area contributed by atoms with Crippen LogP contribution in [0.3, 0.4) is 0 Å². The van der Waals surface area contributed by atoms with E-state index in [0.29, 0.717) is 38.5 Å². The van der Waals surface area contributed by atoms with E-state index < -0.39 is 0 Å². The van der Waals surface area contributed by atoms with Gasteiger partial charge in [0, 0.05) is 32.2 Å². The molecule has 3 rings (SSSR count). The molecular weight excluding hydrogens is 344 g/mol. The number of carbonyl (C=O) groups excluding carboxylic acids is 2. The molecule has 1 aromatic carbocycles. The number of carbonyl (C=O) groups is 2. The minimum Gasteiger partial charge on any atom is -0.339 e. The van der Waals surface area contributed by atoms with Gasteiger partial charge in [0.1, 0.15) is 5.69 Å². The molecule has 0 radical (unpaired) electrons. The molecule has 1 aliphatic rings. The van der Waals surface area contributed by atoms with E-state index in [1.165, 1.54) is 17.7 Å². The number of amides is 2. The minimum atomic E-state index is -0.344. The molecule has 0 spiro atoms. The molecule has 1 N–H and O–H groups in total. The van der Waals surface area contributed by atoms with Gasteiger partial charge >= 0.3 is 0 Å². The van der Waals surface area contributed by atoms with Crippen LogP contribution in [-0.2, 0) is 11.2 Å². The van der Waals surface area contributed by atoms with Crippen molar-refractivity contribution in [2.24, 2.45) is 0 Å². The van der Waals surface area contributed by atoms with Crippen LogP contribution >= 0.6 is 0 Å². The molecule has 0 saturated carbocycles. The summed E-state index contributed by atoms with van der Waals surface area (Å²) in [5.41, 5.74) is 2.12. The normalized spacial score (nSPS) is 14.5. The van der Waals surface area contributed by atoms with Crippen molar-refractivity contribution in [2.45, 2.75) is 26.2 Å². The molecule has 1 fully saturated rings. The molecule has 2 aromatic rings. The molecule has 0 unspecified atom stereocenters.